The van der Waals surface area contributed by atoms with E-state index < -0.39 is 33.4 Å². The second-order valence-corrected chi connectivity index (χ2v) is 4.22. The van der Waals surface area contributed by atoms with E-state index in [4.69, 9.17) is 5.11 Å². The number of nitrogens with one attached hydrogen (secondary N) is 1. The number of benzene rings is 1. The number of aliphatic hydroxyl groups is 2. The zero-order chi connectivity index (χ0) is 14.6. The summed E-state index contributed by atoms with van der Waals surface area (Å²) in [7, 11) is 0. The van der Waals surface area contributed by atoms with Gasteiger partial charge in [-0.2, -0.15) is 0 Å². The molecule has 1 atom stereocenters. The van der Waals surface area contributed by atoms with Crippen molar-refractivity contribution in [3.05, 3.63) is 38.4 Å². The highest BCUT2D eigenvalue weighted by atomic mass is 16.6. The normalized spacial score (nSPS) is 13.6. The van der Waals surface area contributed by atoms with E-state index >= 15 is 0 Å². The highest BCUT2D eigenvalue weighted by Crippen LogP contribution is 2.29. The number of aliphatic hydroxyl groups excluding tert-OH is 1. The molecule has 9 nitrogen and oxygen atoms in total. The molecule has 0 aliphatic carbocycles. The molecule has 1 unspecified atom stereocenters. The smallest absolute Gasteiger partial charge is 0.299 e. The van der Waals surface area contributed by atoms with Crippen molar-refractivity contribution in [3.63, 3.8) is 0 Å². The summed E-state index contributed by atoms with van der Waals surface area (Å²) in [6.07, 6.45) is 0. The Morgan fingerprint density at radius 1 is 1.32 bits per heavy atom. The van der Waals surface area contributed by atoms with Gasteiger partial charge in [0.25, 0.3) is 11.4 Å². The number of nitro benzene ring substituents is 2. The van der Waals surface area contributed by atoms with Gasteiger partial charge in [0.2, 0.25) is 0 Å². The second-order valence-electron chi connectivity index (χ2n) is 4.22. The molecule has 9 heteroatoms. The fourth-order valence-corrected chi connectivity index (χ4v) is 1.28. The summed E-state index contributed by atoms with van der Waals surface area (Å²) in [4.78, 5) is 19.9. The Kier molecular flexibility index (Phi) is 4.35. The molecule has 0 spiro atoms. The summed E-state index contributed by atoms with van der Waals surface area (Å²) in [6, 6.07) is 3.13. The Labute approximate surface area is 107 Å². The van der Waals surface area contributed by atoms with Crippen LogP contribution in [0.4, 0.5) is 17.1 Å². The molecule has 104 valence electrons. The van der Waals surface area contributed by atoms with Crippen LogP contribution in [-0.4, -0.2) is 38.8 Å². The van der Waals surface area contributed by atoms with Crippen molar-refractivity contribution in [1.29, 1.82) is 0 Å². The first kappa shape index (κ1) is 14.8. The molecular weight excluding hydrogens is 258 g/mol. The standard InChI is InChI=1S/C10H13N3O6/c1-10(15,6-14)5-11-8-3-2-7(12(16)17)4-9(8)13(18)19/h2-4,11,14-15H,5-6H2,1H3. The Bertz CT molecular complexity index is 502. The van der Waals surface area contributed by atoms with Crippen LogP contribution in [0.1, 0.15) is 6.92 Å². The number of nitro groups is 2. The van der Waals surface area contributed by atoms with Gasteiger partial charge in [-0.15, -0.1) is 0 Å². The first-order valence-corrected chi connectivity index (χ1v) is 5.27. The van der Waals surface area contributed by atoms with Crippen LogP contribution in [-0.2, 0) is 0 Å². The number of non-ortho nitro benzene ring substituents is 1. The van der Waals surface area contributed by atoms with E-state index in [9.17, 15) is 25.3 Å². The van der Waals surface area contributed by atoms with Gasteiger partial charge in [0.1, 0.15) is 11.3 Å². The predicted octanol–water partition coefficient (Wildman–Crippen LogP) is 0.658. The second kappa shape index (κ2) is 5.59. The predicted molar refractivity (Wildman–Crippen MR) is 66.0 cm³/mol. The van der Waals surface area contributed by atoms with Crippen LogP contribution in [0.5, 0.6) is 0 Å². The van der Waals surface area contributed by atoms with E-state index in [2.05, 4.69) is 5.32 Å². The Balaban J connectivity index is 3.01. The maximum absolute atomic E-state index is 10.8. The molecule has 0 aliphatic heterocycles. The lowest BCUT2D eigenvalue weighted by atomic mass is 10.1. The van der Waals surface area contributed by atoms with Crippen LogP contribution in [0.15, 0.2) is 18.2 Å². The van der Waals surface area contributed by atoms with Gasteiger partial charge in [0.15, 0.2) is 0 Å². The Hall–Kier alpha value is -2.26. The Morgan fingerprint density at radius 3 is 2.42 bits per heavy atom. The third kappa shape index (κ3) is 3.86. The lowest BCUT2D eigenvalue weighted by Crippen LogP contribution is -2.37. The van der Waals surface area contributed by atoms with Crippen molar-refractivity contribution in [3.8, 4) is 0 Å². The van der Waals surface area contributed by atoms with Gasteiger partial charge < -0.3 is 15.5 Å². The first-order valence-electron chi connectivity index (χ1n) is 5.27. The van der Waals surface area contributed by atoms with Crippen molar-refractivity contribution in [2.75, 3.05) is 18.5 Å². The largest absolute Gasteiger partial charge is 0.393 e. The zero-order valence-electron chi connectivity index (χ0n) is 10.1. The lowest BCUT2D eigenvalue weighted by molar-refractivity contribution is -0.393. The molecule has 0 heterocycles. The molecule has 1 aromatic carbocycles. The molecule has 1 aromatic rings. The highest BCUT2D eigenvalue weighted by molar-refractivity contribution is 5.65. The molecule has 3 N–H and O–H groups in total. The molecule has 1 rings (SSSR count). The van der Waals surface area contributed by atoms with Crippen LogP contribution in [0.3, 0.4) is 0 Å². The number of anilines is 1. The fourth-order valence-electron chi connectivity index (χ4n) is 1.28. The zero-order valence-corrected chi connectivity index (χ0v) is 10.1. The molecule has 0 saturated carbocycles. The topological polar surface area (TPSA) is 139 Å². The van der Waals surface area contributed by atoms with Gasteiger partial charge in [-0.3, -0.25) is 20.2 Å². The van der Waals surface area contributed by atoms with Crippen LogP contribution in [0.2, 0.25) is 0 Å². The summed E-state index contributed by atoms with van der Waals surface area (Å²) in [5.74, 6) is 0. The van der Waals surface area contributed by atoms with E-state index in [1.54, 1.807) is 0 Å². The Morgan fingerprint density at radius 2 is 1.95 bits per heavy atom. The molecule has 19 heavy (non-hydrogen) atoms. The van der Waals surface area contributed by atoms with Gasteiger partial charge >= 0.3 is 0 Å². The van der Waals surface area contributed by atoms with Gasteiger partial charge in [0.05, 0.1) is 22.5 Å². The first-order chi connectivity index (χ1) is 8.76. The summed E-state index contributed by atoms with van der Waals surface area (Å²) in [6.45, 7) is 0.681. The molecule has 0 fully saturated rings. The van der Waals surface area contributed by atoms with Gasteiger partial charge in [-0.05, 0) is 13.0 Å². The van der Waals surface area contributed by atoms with Crippen molar-refractivity contribution < 1.29 is 20.1 Å². The highest BCUT2D eigenvalue weighted by Gasteiger charge is 2.23. The van der Waals surface area contributed by atoms with Gasteiger partial charge in [-0.25, -0.2) is 0 Å². The molecule has 0 saturated heterocycles. The molecular formula is C10H13N3O6. The van der Waals surface area contributed by atoms with Crippen LogP contribution >= 0.6 is 0 Å². The summed E-state index contributed by atoms with van der Waals surface area (Å²) in [5, 5.41) is 42.4. The fraction of sp³-hybridized carbons (Fsp3) is 0.400. The van der Waals surface area contributed by atoms with Crippen molar-refractivity contribution in [1.82, 2.24) is 0 Å². The quantitative estimate of drug-likeness (QED) is 0.510. The average Bonchev–Trinajstić information content (AvgIpc) is 2.36. The van der Waals surface area contributed by atoms with Crippen molar-refractivity contribution >= 4 is 17.1 Å². The number of hydrogen-bond acceptors (Lipinski definition) is 7. The van der Waals surface area contributed by atoms with E-state index in [1.165, 1.54) is 13.0 Å². The average molecular weight is 271 g/mol. The molecule has 0 radical (unpaired) electrons. The molecule has 0 amide bonds. The monoisotopic (exact) mass is 271 g/mol. The molecule has 0 aliphatic rings. The van der Waals surface area contributed by atoms with E-state index in [1.807, 2.05) is 0 Å². The van der Waals surface area contributed by atoms with Crippen molar-refractivity contribution in [2.45, 2.75) is 12.5 Å². The minimum atomic E-state index is -1.45. The number of nitrogens with zero attached hydrogens (tertiary/aromatic N) is 2. The van der Waals surface area contributed by atoms with Crippen LogP contribution in [0, 0.1) is 20.2 Å². The van der Waals surface area contributed by atoms with Gasteiger partial charge in [0, 0.05) is 12.6 Å². The SMILES string of the molecule is CC(O)(CO)CNc1ccc([N+](=O)[O-])cc1[N+](=O)[O-]. The van der Waals surface area contributed by atoms with E-state index in [-0.39, 0.29) is 12.2 Å². The van der Waals surface area contributed by atoms with Crippen LogP contribution < -0.4 is 5.32 Å². The maximum atomic E-state index is 10.8. The minimum absolute atomic E-state index is 0.0318. The molecule has 0 aromatic heterocycles. The minimum Gasteiger partial charge on any atom is -0.393 e. The third-order valence-corrected chi connectivity index (χ3v) is 2.39. The van der Waals surface area contributed by atoms with Gasteiger partial charge in [-0.1, -0.05) is 0 Å². The van der Waals surface area contributed by atoms with E-state index in [0.29, 0.717) is 0 Å². The third-order valence-electron chi connectivity index (χ3n) is 2.39. The summed E-state index contributed by atoms with van der Waals surface area (Å²) < 4.78 is 0. The molecule has 0 bridgehead atoms. The van der Waals surface area contributed by atoms with Crippen LogP contribution in [0.25, 0.3) is 0 Å². The number of rotatable bonds is 6. The summed E-state index contributed by atoms with van der Waals surface area (Å²) in [5.41, 5.74) is -2.28. The summed E-state index contributed by atoms with van der Waals surface area (Å²) >= 11 is 0. The van der Waals surface area contributed by atoms with E-state index in [0.717, 1.165) is 12.1 Å². The lowest BCUT2D eigenvalue weighted by Gasteiger charge is -2.21. The maximum Gasteiger partial charge on any atom is 0.299 e. The van der Waals surface area contributed by atoms with Crippen molar-refractivity contribution in [2.24, 2.45) is 0 Å². The number of hydrogen-bond donors (Lipinski definition) is 3.